The summed E-state index contributed by atoms with van der Waals surface area (Å²) in [5, 5.41) is 0. The molecule has 0 amide bonds. The molecule has 0 nitrogen and oxygen atoms in total. The Morgan fingerprint density at radius 2 is 0.588 bits per heavy atom. The summed E-state index contributed by atoms with van der Waals surface area (Å²) in [7, 11) is 0. The molecule has 0 aromatic heterocycles. The average molecular weight is 234 g/mol. The lowest BCUT2D eigenvalue weighted by molar-refractivity contribution is 0.230. The third kappa shape index (κ3) is 2.56. The zero-order chi connectivity index (χ0) is 11.6. The van der Waals surface area contributed by atoms with Gasteiger partial charge in [-0.1, -0.05) is 57.8 Å². The van der Waals surface area contributed by atoms with Crippen LogP contribution in [0.3, 0.4) is 0 Å². The molecular formula is C17H30. The van der Waals surface area contributed by atoms with E-state index in [9.17, 15) is 0 Å². The van der Waals surface area contributed by atoms with Gasteiger partial charge in [-0.25, -0.2) is 0 Å². The molecule has 0 aliphatic heterocycles. The van der Waals surface area contributed by atoms with Gasteiger partial charge in [0.05, 0.1) is 0 Å². The van der Waals surface area contributed by atoms with Crippen molar-refractivity contribution in [3.8, 4) is 0 Å². The molecule has 0 unspecified atom stereocenters. The van der Waals surface area contributed by atoms with Crippen molar-refractivity contribution < 1.29 is 0 Å². The van der Waals surface area contributed by atoms with Gasteiger partial charge in [0.25, 0.3) is 0 Å². The molecule has 2 spiro atoms. The summed E-state index contributed by atoms with van der Waals surface area (Å²) in [5.74, 6) is 0. The lowest BCUT2D eigenvalue weighted by atomic mass is 9.78. The van der Waals surface area contributed by atoms with Crippen LogP contribution in [0.15, 0.2) is 0 Å². The summed E-state index contributed by atoms with van der Waals surface area (Å²) < 4.78 is 0. The molecule has 3 saturated carbocycles. The molecular weight excluding hydrogens is 204 g/mol. The highest BCUT2D eigenvalue weighted by atomic mass is 14.7. The third-order valence-corrected chi connectivity index (χ3v) is 6.14. The number of fused-ring (bicyclic) bond motifs is 1. The van der Waals surface area contributed by atoms with Crippen LogP contribution in [0, 0.1) is 10.8 Å². The van der Waals surface area contributed by atoms with Crippen LogP contribution in [0.25, 0.3) is 0 Å². The van der Waals surface area contributed by atoms with Crippen molar-refractivity contribution in [3.63, 3.8) is 0 Å². The summed E-state index contributed by atoms with van der Waals surface area (Å²) in [6, 6.07) is 0. The zero-order valence-electron chi connectivity index (χ0n) is 11.6. The summed E-state index contributed by atoms with van der Waals surface area (Å²) in [4.78, 5) is 0. The summed E-state index contributed by atoms with van der Waals surface area (Å²) in [6.45, 7) is 0. The molecule has 3 aliphatic carbocycles. The van der Waals surface area contributed by atoms with Gasteiger partial charge in [0.15, 0.2) is 0 Å². The SMILES string of the molecule is C1CCCCCC2(CC2)C2(CCCCC1)CC2. The second kappa shape index (κ2) is 4.94. The predicted octanol–water partition coefficient (Wildman–Crippen LogP) is 5.85. The molecule has 17 heavy (non-hydrogen) atoms. The maximum Gasteiger partial charge on any atom is -0.0241 e. The number of hydrogen-bond donors (Lipinski definition) is 0. The van der Waals surface area contributed by atoms with E-state index < -0.39 is 0 Å². The molecule has 98 valence electrons. The van der Waals surface area contributed by atoms with Gasteiger partial charge in [0.2, 0.25) is 0 Å². The molecule has 0 bridgehead atoms. The molecule has 3 rings (SSSR count). The fourth-order valence-electron chi connectivity index (χ4n) is 4.56. The lowest BCUT2D eigenvalue weighted by Crippen LogP contribution is -2.17. The van der Waals surface area contributed by atoms with Gasteiger partial charge < -0.3 is 0 Å². The Morgan fingerprint density at radius 1 is 0.294 bits per heavy atom. The lowest BCUT2D eigenvalue weighted by Gasteiger charge is -2.27. The van der Waals surface area contributed by atoms with E-state index >= 15 is 0 Å². The van der Waals surface area contributed by atoms with Gasteiger partial charge in [-0.3, -0.25) is 0 Å². The van der Waals surface area contributed by atoms with Gasteiger partial charge in [0.1, 0.15) is 0 Å². The molecule has 0 saturated heterocycles. The van der Waals surface area contributed by atoms with E-state index in [1.165, 1.54) is 44.9 Å². The predicted molar refractivity (Wildman–Crippen MR) is 74.1 cm³/mol. The fourth-order valence-corrected chi connectivity index (χ4v) is 4.56. The van der Waals surface area contributed by atoms with Crippen molar-refractivity contribution >= 4 is 0 Å². The quantitative estimate of drug-likeness (QED) is 0.493. The van der Waals surface area contributed by atoms with Crippen molar-refractivity contribution in [3.05, 3.63) is 0 Å². The van der Waals surface area contributed by atoms with Crippen LogP contribution in [0.5, 0.6) is 0 Å². The minimum Gasteiger partial charge on any atom is -0.0533 e. The fraction of sp³-hybridized carbons (Fsp3) is 1.00. The van der Waals surface area contributed by atoms with Crippen molar-refractivity contribution in [1.82, 2.24) is 0 Å². The first kappa shape index (κ1) is 12.1. The molecule has 3 aliphatic rings. The van der Waals surface area contributed by atoms with Crippen molar-refractivity contribution in [2.75, 3.05) is 0 Å². The summed E-state index contributed by atoms with van der Waals surface area (Å²) in [5.41, 5.74) is 1.75. The smallest absolute Gasteiger partial charge is 0.0241 e. The zero-order valence-corrected chi connectivity index (χ0v) is 11.6. The first-order valence-electron chi connectivity index (χ1n) is 8.37. The molecule has 0 aromatic rings. The molecule has 3 fully saturated rings. The Balaban J connectivity index is 1.57. The Labute approximate surface area is 108 Å². The maximum absolute atomic E-state index is 1.59. The first-order valence-corrected chi connectivity index (χ1v) is 8.37. The standard InChI is InChI=1S/C17H30/c1-2-4-6-8-10-16(12-13-16)17(14-15-17)11-9-7-5-3-1/h1-15H2. The monoisotopic (exact) mass is 234 g/mol. The second-order valence-electron chi connectivity index (χ2n) is 7.24. The molecule has 0 radical (unpaired) electrons. The number of hydrogen-bond acceptors (Lipinski definition) is 0. The minimum absolute atomic E-state index is 0.876. The molecule has 0 N–H and O–H groups in total. The van der Waals surface area contributed by atoms with E-state index in [0.717, 1.165) is 10.8 Å². The van der Waals surface area contributed by atoms with E-state index in [-0.39, 0.29) is 0 Å². The van der Waals surface area contributed by atoms with Crippen LogP contribution in [0.4, 0.5) is 0 Å². The van der Waals surface area contributed by atoms with Crippen LogP contribution in [0.2, 0.25) is 0 Å². The van der Waals surface area contributed by atoms with E-state index in [0.29, 0.717) is 0 Å². The molecule has 0 heteroatoms. The Morgan fingerprint density at radius 3 is 0.882 bits per heavy atom. The van der Waals surface area contributed by atoms with Crippen molar-refractivity contribution in [2.24, 2.45) is 10.8 Å². The van der Waals surface area contributed by atoms with Crippen LogP contribution in [0.1, 0.15) is 96.3 Å². The Kier molecular flexibility index (Phi) is 3.50. The normalized spacial score (nSPS) is 32.5. The summed E-state index contributed by atoms with van der Waals surface area (Å²) >= 11 is 0. The van der Waals surface area contributed by atoms with Crippen molar-refractivity contribution in [2.45, 2.75) is 96.3 Å². The van der Waals surface area contributed by atoms with Crippen LogP contribution in [-0.2, 0) is 0 Å². The summed E-state index contributed by atoms with van der Waals surface area (Å²) in [6.07, 6.45) is 23.2. The van der Waals surface area contributed by atoms with Crippen LogP contribution >= 0.6 is 0 Å². The highest BCUT2D eigenvalue weighted by molar-refractivity contribution is 5.13. The van der Waals surface area contributed by atoms with Crippen LogP contribution in [-0.4, -0.2) is 0 Å². The number of rotatable bonds is 0. The highest BCUT2D eigenvalue weighted by Gasteiger charge is 2.63. The largest absolute Gasteiger partial charge is 0.0533 e. The maximum atomic E-state index is 1.59. The molecule has 0 atom stereocenters. The minimum atomic E-state index is 0.876. The topological polar surface area (TPSA) is 0 Å². The van der Waals surface area contributed by atoms with Gasteiger partial charge in [-0.15, -0.1) is 0 Å². The van der Waals surface area contributed by atoms with Gasteiger partial charge in [0, 0.05) is 0 Å². The second-order valence-corrected chi connectivity index (χ2v) is 7.24. The average Bonchev–Trinajstić information content (AvgIpc) is 3.19. The van der Waals surface area contributed by atoms with E-state index in [1.54, 1.807) is 51.4 Å². The van der Waals surface area contributed by atoms with E-state index in [1.807, 2.05) is 0 Å². The Hall–Kier alpha value is 0. The third-order valence-electron chi connectivity index (χ3n) is 6.14. The van der Waals surface area contributed by atoms with Gasteiger partial charge >= 0.3 is 0 Å². The van der Waals surface area contributed by atoms with Crippen LogP contribution < -0.4 is 0 Å². The van der Waals surface area contributed by atoms with Gasteiger partial charge in [-0.2, -0.15) is 0 Å². The molecule has 0 heterocycles. The van der Waals surface area contributed by atoms with Gasteiger partial charge in [-0.05, 0) is 49.4 Å². The highest BCUT2D eigenvalue weighted by Crippen LogP contribution is 2.74. The van der Waals surface area contributed by atoms with Crippen molar-refractivity contribution in [1.29, 1.82) is 0 Å². The molecule has 0 aromatic carbocycles. The Bertz CT molecular complexity index is 219. The van der Waals surface area contributed by atoms with E-state index in [4.69, 9.17) is 0 Å². The van der Waals surface area contributed by atoms with E-state index in [2.05, 4.69) is 0 Å². The first-order chi connectivity index (χ1) is 8.37.